The van der Waals surface area contributed by atoms with Crippen molar-refractivity contribution in [2.24, 2.45) is 0 Å². The minimum atomic E-state index is -1.26. The molecule has 0 aliphatic heterocycles. The first-order valence-corrected chi connectivity index (χ1v) is 5.98. The van der Waals surface area contributed by atoms with Crippen LogP contribution < -0.4 is 5.32 Å². The smallest absolute Gasteiger partial charge is 0.340 e. The van der Waals surface area contributed by atoms with Crippen molar-refractivity contribution in [1.82, 2.24) is 0 Å². The molecule has 0 radical (unpaired) electrons. The molecule has 0 unspecified atom stereocenters. The minimum absolute atomic E-state index is 0.309. The van der Waals surface area contributed by atoms with Crippen LogP contribution in [0.1, 0.15) is 15.9 Å². The monoisotopic (exact) mass is 259 g/mol. The molecule has 0 saturated heterocycles. The summed E-state index contributed by atoms with van der Waals surface area (Å²) in [5.74, 6) is -1.99. The summed E-state index contributed by atoms with van der Waals surface area (Å²) in [7, 11) is 0. The van der Waals surface area contributed by atoms with Crippen LogP contribution in [-0.4, -0.2) is 17.6 Å². The maximum absolute atomic E-state index is 13.4. The summed E-state index contributed by atoms with van der Waals surface area (Å²) in [5.41, 5.74) is 1.14. The lowest BCUT2D eigenvalue weighted by Crippen LogP contribution is -2.11. The molecule has 98 valence electrons. The third-order valence-corrected chi connectivity index (χ3v) is 2.80. The van der Waals surface area contributed by atoms with Gasteiger partial charge >= 0.3 is 5.97 Å². The topological polar surface area (TPSA) is 49.3 Å². The number of aromatic carboxylic acids is 1. The third-order valence-electron chi connectivity index (χ3n) is 2.80. The summed E-state index contributed by atoms with van der Waals surface area (Å²) < 4.78 is 13.4. The van der Waals surface area contributed by atoms with E-state index in [1.807, 2.05) is 30.3 Å². The fraction of sp³-hybridized carbons (Fsp3) is 0.133. The van der Waals surface area contributed by atoms with E-state index in [0.717, 1.165) is 18.1 Å². The van der Waals surface area contributed by atoms with Gasteiger partial charge in [0.25, 0.3) is 0 Å². The molecule has 19 heavy (non-hydrogen) atoms. The van der Waals surface area contributed by atoms with Gasteiger partial charge in [0.1, 0.15) is 11.4 Å². The number of benzene rings is 2. The van der Waals surface area contributed by atoms with Crippen LogP contribution in [0.3, 0.4) is 0 Å². The van der Waals surface area contributed by atoms with Gasteiger partial charge in [0.2, 0.25) is 0 Å². The largest absolute Gasteiger partial charge is 0.478 e. The number of nitrogens with one attached hydrogen (secondary N) is 1. The maximum Gasteiger partial charge on any atom is 0.340 e. The summed E-state index contributed by atoms with van der Waals surface area (Å²) in [6, 6.07) is 14.0. The number of hydrogen-bond donors (Lipinski definition) is 2. The molecule has 0 saturated carbocycles. The number of anilines is 1. The average Bonchev–Trinajstić information content (AvgIpc) is 2.39. The lowest BCUT2D eigenvalue weighted by Gasteiger charge is -2.10. The van der Waals surface area contributed by atoms with Crippen LogP contribution in [0.15, 0.2) is 48.5 Å². The van der Waals surface area contributed by atoms with Gasteiger partial charge < -0.3 is 10.4 Å². The predicted octanol–water partition coefficient (Wildman–Crippen LogP) is 3.18. The van der Waals surface area contributed by atoms with E-state index < -0.39 is 11.8 Å². The normalized spacial score (nSPS) is 10.2. The van der Waals surface area contributed by atoms with Crippen molar-refractivity contribution in [2.45, 2.75) is 6.42 Å². The molecule has 3 nitrogen and oxygen atoms in total. The van der Waals surface area contributed by atoms with Crippen molar-refractivity contribution in [2.75, 3.05) is 11.9 Å². The highest BCUT2D eigenvalue weighted by molar-refractivity contribution is 5.94. The Hall–Kier alpha value is -2.36. The molecule has 2 N–H and O–H groups in total. The standard InChI is InChI=1S/C15H14FNO2/c16-12-7-4-8-13(14(12)15(18)19)17-10-9-11-5-2-1-3-6-11/h1-8,17H,9-10H2,(H,18,19). The Morgan fingerprint density at radius 2 is 1.84 bits per heavy atom. The van der Waals surface area contributed by atoms with Crippen molar-refractivity contribution in [3.63, 3.8) is 0 Å². The van der Waals surface area contributed by atoms with E-state index in [0.29, 0.717) is 12.2 Å². The Kier molecular flexibility index (Phi) is 4.13. The van der Waals surface area contributed by atoms with Crippen molar-refractivity contribution in [3.8, 4) is 0 Å². The molecule has 0 spiro atoms. The Labute approximate surface area is 110 Å². The number of carboxylic acids is 1. The molecule has 0 bridgehead atoms. The van der Waals surface area contributed by atoms with Crippen LogP contribution in [-0.2, 0) is 6.42 Å². The van der Waals surface area contributed by atoms with Crippen LogP contribution in [0.25, 0.3) is 0 Å². The lowest BCUT2D eigenvalue weighted by atomic mass is 10.1. The molecule has 0 heterocycles. The molecule has 2 rings (SSSR count). The second kappa shape index (κ2) is 6.00. The van der Waals surface area contributed by atoms with Crippen LogP contribution >= 0.6 is 0 Å². The van der Waals surface area contributed by atoms with E-state index in [-0.39, 0.29) is 5.56 Å². The Morgan fingerprint density at radius 3 is 2.53 bits per heavy atom. The van der Waals surface area contributed by atoms with E-state index in [1.165, 1.54) is 6.07 Å². The molecule has 0 fully saturated rings. The first kappa shape index (κ1) is 13.1. The Balaban J connectivity index is 2.04. The summed E-state index contributed by atoms with van der Waals surface area (Å²) in [6.07, 6.45) is 0.746. The van der Waals surface area contributed by atoms with Gasteiger partial charge in [-0.3, -0.25) is 0 Å². The number of carbonyl (C=O) groups is 1. The molecule has 2 aromatic carbocycles. The Bertz CT molecular complexity index is 570. The highest BCUT2D eigenvalue weighted by atomic mass is 19.1. The summed E-state index contributed by atoms with van der Waals surface area (Å²) >= 11 is 0. The molecule has 0 aromatic heterocycles. The van der Waals surface area contributed by atoms with Crippen LogP contribution in [0.2, 0.25) is 0 Å². The fourth-order valence-electron chi connectivity index (χ4n) is 1.87. The molecule has 0 aliphatic rings. The molecule has 0 amide bonds. The van der Waals surface area contributed by atoms with Crippen molar-refractivity contribution in [3.05, 3.63) is 65.5 Å². The molecule has 0 atom stereocenters. The van der Waals surface area contributed by atoms with Gasteiger partial charge in [-0.25, -0.2) is 9.18 Å². The fourth-order valence-corrected chi connectivity index (χ4v) is 1.87. The van der Waals surface area contributed by atoms with Crippen molar-refractivity contribution < 1.29 is 14.3 Å². The van der Waals surface area contributed by atoms with E-state index in [2.05, 4.69) is 5.32 Å². The van der Waals surface area contributed by atoms with Crippen LogP contribution in [0.4, 0.5) is 10.1 Å². The van der Waals surface area contributed by atoms with Crippen molar-refractivity contribution in [1.29, 1.82) is 0 Å². The summed E-state index contributed by atoms with van der Waals surface area (Å²) in [5, 5.41) is 11.9. The Morgan fingerprint density at radius 1 is 1.11 bits per heavy atom. The molecule has 4 heteroatoms. The molecule has 0 aliphatic carbocycles. The van der Waals surface area contributed by atoms with Crippen molar-refractivity contribution >= 4 is 11.7 Å². The van der Waals surface area contributed by atoms with Gasteiger partial charge in [-0.15, -0.1) is 0 Å². The maximum atomic E-state index is 13.4. The summed E-state index contributed by atoms with van der Waals surface area (Å²) in [6.45, 7) is 0.549. The average molecular weight is 259 g/mol. The quantitative estimate of drug-likeness (QED) is 0.867. The first-order valence-electron chi connectivity index (χ1n) is 5.98. The highest BCUT2D eigenvalue weighted by Gasteiger charge is 2.14. The van der Waals surface area contributed by atoms with Gasteiger partial charge in [-0.05, 0) is 24.1 Å². The zero-order chi connectivity index (χ0) is 13.7. The second-order valence-corrected chi connectivity index (χ2v) is 4.13. The van der Waals surface area contributed by atoms with E-state index in [4.69, 9.17) is 5.11 Å². The van der Waals surface area contributed by atoms with Gasteiger partial charge in [0.15, 0.2) is 0 Å². The van der Waals surface area contributed by atoms with Gasteiger partial charge in [-0.2, -0.15) is 0 Å². The summed E-state index contributed by atoms with van der Waals surface area (Å²) in [4.78, 5) is 11.0. The predicted molar refractivity (Wildman–Crippen MR) is 72.0 cm³/mol. The third kappa shape index (κ3) is 3.31. The van der Waals surface area contributed by atoms with Gasteiger partial charge in [0, 0.05) is 6.54 Å². The van der Waals surface area contributed by atoms with E-state index in [1.54, 1.807) is 6.07 Å². The zero-order valence-corrected chi connectivity index (χ0v) is 10.3. The molecular weight excluding hydrogens is 245 g/mol. The SMILES string of the molecule is O=C(O)c1c(F)cccc1NCCc1ccccc1. The molecule has 2 aromatic rings. The van der Waals surface area contributed by atoms with E-state index >= 15 is 0 Å². The first-order chi connectivity index (χ1) is 9.18. The molecular formula is C15H14FNO2. The highest BCUT2D eigenvalue weighted by Crippen LogP contribution is 2.18. The van der Waals surface area contributed by atoms with Gasteiger partial charge in [-0.1, -0.05) is 36.4 Å². The minimum Gasteiger partial charge on any atom is -0.478 e. The number of carboxylic acid groups (broad SMARTS) is 1. The van der Waals surface area contributed by atoms with Crippen LogP contribution in [0.5, 0.6) is 0 Å². The zero-order valence-electron chi connectivity index (χ0n) is 10.3. The van der Waals surface area contributed by atoms with E-state index in [9.17, 15) is 9.18 Å². The second-order valence-electron chi connectivity index (χ2n) is 4.13. The van der Waals surface area contributed by atoms with Gasteiger partial charge in [0.05, 0.1) is 5.69 Å². The van der Waals surface area contributed by atoms with Crippen LogP contribution in [0, 0.1) is 5.82 Å². The number of rotatable bonds is 5. The number of hydrogen-bond acceptors (Lipinski definition) is 2. The number of halogens is 1. The lowest BCUT2D eigenvalue weighted by molar-refractivity contribution is 0.0693.